The maximum absolute atomic E-state index is 5.69. The normalized spacial score (nSPS) is 12.4. The molecule has 0 amide bonds. The van der Waals surface area contributed by atoms with Crippen LogP contribution >= 0.6 is 27.3 Å². The summed E-state index contributed by atoms with van der Waals surface area (Å²) in [6, 6.07) is 6.01. The molecule has 19 heavy (non-hydrogen) atoms. The van der Waals surface area contributed by atoms with Crippen LogP contribution in [0.2, 0.25) is 0 Å². The Morgan fingerprint density at radius 2 is 2.32 bits per heavy atom. The van der Waals surface area contributed by atoms with Gasteiger partial charge in [0, 0.05) is 9.35 Å². The molecule has 0 aliphatic carbocycles. The molecule has 0 spiro atoms. The molecule has 0 fully saturated rings. The molecule has 1 aromatic carbocycles. The second kappa shape index (κ2) is 6.47. The van der Waals surface area contributed by atoms with Gasteiger partial charge in [-0.15, -0.1) is 11.3 Å². The van der Waals surface area contributed by atoms with Gasteiger partial charge in [0.2, 0.25) is 0 Å². The quantitative estimate of drug-likeness (QED) is 0.648. The Morgan fingerprint density at radius 1 is 1.53 bits per heavy atom. The largest absolute Gasteiger partial charge is 0.496 e. The molecule has 4 nitrogen and oxygen atoms in total. The average molecular weight is 342 g/mol. The molecule has 0 saturated heterocycles. The number of nitrogens with two attached hydrogens (primary N) is 1. The molecule has 1 aromatic heterocycles. The van der Waals surface area contributed by atoms with E-state index in [2.05, 4.69) is 32.4 Å². The Labute approximate surface area is 125 Å². The van der Waals surface area contributed by atoms with Gasteiger partial charge in [-0.2, -0.15) is 0 Å². The van der Waals surface area contributed by atoms with E-state index in [1.165, 1.54) is 0 Å². The van der Waals surface area contributed by atoms with Crippen LogP contribution in [-0.4, -0.2) is 12.1 Å². The van der Waals surface area contributed by atoms with Crippen molar-refractivity contribution >= 4 is 27.3 Å². The molecule has 0 aliphatic heterocycles. The molecule has 0 saturated carbocycles. The molecule has 3 N–H and O–H groups in total. The summed E-state index contributed by atoms with van der Waals surface area (Å²) in [5, 5.41) is 0. The Kier molecular flexibility index (Phi) is 4.93. The van der Waals surface area contributed by atoms with E-state index in [-0.39, 0.29) is 6.04 Å². The molecule has 2 rings (SSSR count). The fourth-order valence-electron chi connectivity index (χ4n) is 2.00. The van der Waals surface area contributed by atoms with Crippen molar-refractivity contribution in [3.63, 3.8) is 0 Å². The maximum atomic E-state index is 5.69. The van der Waals surface area contributed by atoms with E-state index in [9.17, 15) is 0 Å². The van der Waals surface area contributed by atoms with Crippen molar-refractivity contribution in [3.05, 3.63) is 44.3 Å². The standard InChI is InChI=1S/C13H16BrN3OS/c1-8-13(19-7-16-8)11(17-15)6-9-5-10(14)3-4-12(9)18-2/h3-5,7,11,17H,6,15H2,1-2H3. The van der Waals surface area contributed by atoms with Crippen LogP contribution in [0.25, 0.3) is 0 Å². The Hall–Kier alpha value is -0.950. The number of aryl methyl sites for hydroxylation is 1. The van der Waals surface area contributed by atoms with Gasteiger partial charge in [0.15, 0.2) is 0 Å². The predicted octanol–water partition coefficient (Wildman–Crippen LogP) is 2.97. The van der Waals surface area contributed by atoms with Crippen LogP contribution < -0.4 is 16.0 Å². The highest BCUT2D eigenvalue weighted by atomic mass is 79.9. The van der Waals surface area contributed by atoms with Gasteiger partial charge in [0.05, 0.1) is 24.4 Å². The summed E-state index contributed by atoms with van der Waals surface area (Å²) in [6.07, 6.45) is 0.752. The van der Waals surface area contributed by atoms with E-state index >= 15 is 0 Å². The maximum Gasteiger partial charge on any atom is 0.122 e. The van der Waals surface area contributed by atoms with Crippen molar-refractivity contribution in [1.82, 2.24) is 10.4 Å². The van der Waals surface area contributed by atoms with E-state index in [4.69, 9.17) is 10.6 Å². The number of aromatic nitrogens is 1. The van der Waals surface area contributed by atoms with Crippen LogP contribution in [0.1, 0.15) is 22.2 Å². The van der Waals surface area contributed by atoms with Gasteiger partial charge >= 0.3 is 0 Å². The third-order valence-corrected chi connectivity index (χ3v) is 4.50. The lowest BCUT2D eigenvalue weighted by Gasteiger charge is -2.17. The molecule has 1 unspecified atom stereocenters. The second-order valence-electron chi connectivity index (χ2n) is 4.18. The SMILES string of the molecule is COc1ccc(Br)cc1CC(NN)c1scnc1C. The molecule has 0 bridgehead atoms. The van der Waals surface area contributed by atoms with Gasteiger partial charge < -0.3 is 4.74 Å². The van der Waals surface area contributed by atoms with E-state index < -0.39 is 0 Å². The van der Waals surface area contributed by atoms with Crippen LogP contribution in [0.5, 0.6) is 5.75 Å². The second-order valence-corrected chi connectivity index (χ2v) is 5.98. The van der Waals surface area contributed by atoms with Crippen molar-refractivity contribution in [2.75, 3.05) is 7.11 Å². The van der Waals surface area contributed by atoms with Gasteiger partial charge in [-0.25, -0.2) is 4.98 Å². The third kappa shape index (κ3) is 3.33. The van der Waals surface area contributed by atoms with Crippen LogP contribution in [-0.2, 0) is 6.42 Å². The summed E-state index contributed by atoms with van der Waals surface area (Å²) in [7, 11) is 1.68. The predicted molar refractivity (Wildman–Crippen MR) is 81.3 cm³/mol. The van der Waals surface area contributed by atoms with Crippen molar-refractivity contribution in [1.29, 1.82) is 0 Å². The Morgan fingerprint density at radius 3 is 2.89 bits per heavy atom. The molecule has 102 valence electrons. The number of ether oxygens (including phenoxy) is 1. The van der Waals surface area contributed by atoms with Crippen molar-refractivity contribution in [2.45, 2.75) is 19.4 Å². The lowest BCUT2D eigenvalue weighted by atomic mass is 10.0. The molecule has 1 atom stereocenters. The molecule has 0 radical (unpaired) electrons. The highest BCUT2D eigenvalue weighted by molar-refractivity contribution is 9.10. The van der Waals surface area contributed by atoms with Gasteiger partial charge in [0.25, 0.3) is 0 Å². The first-order valence-corrected chi connectivity index (χ1v) is 7.51. The zero-order valence-electron chi connectivity index (χ0n) is 10.8. The number of benzene rings is 1. The summed E-state index contributed by atoms with van der Waals surface area (Å²) in [4.78, 5) is 5.43. The lowest BCUT2D eigenvalue weighted by molar-refractivity contribution is 0.405. The number of methoxy groups -OCH3 is 1. The highest BCUT2D eigenvalue weighted by Gasteiger charge is 2.17. The van der Waals surface area contributed by atoms with E-state index in [0.29, 0.717) is 0 Å². The van der Waals surface area contributed by atoms with Crippen molar-refractivity contribution < 1.29 is 4.74 Å². The number of nitrogens with zero attached hydrogens (tertiary/aromatic N) is 1. The van der Waals surface area contributed by atoms with Crippen LogP contribution in [0.3, 0.4) is 0 Å². The molecular weight excluding hydrogens is 326 g/mol. The number of hydrogen-bond acceptors (Lipinski definition) is 5. The van der Waals surface area contributed by atoms with Crippen LogP contribution in [0, 0.1) is 6.92 Å². The third-order valence-electron chi connectivity index (χ3n) is 2.97. The Balaban J connectivity index is 2.28. The summed E-state index contributed by atoms with van der Waals surface area (Å²) in [5.74, 6) is 6.55. The summed E-state index contributed by atoms with van der Waals surface area (Å²) in [6.45, 7) is 1.99. The molecule has 2 aromatic rings. The number of thiazole rings is 1. The smallest absolute Gasteiger partial charge is 0.122 e. The molecule has 0 aliphatic rings. The first-order valence-electron chi connectivity index (χ1n) is 5.84. The minimum atomic E-state index is 0.0377. The van der Waals surface area contributed by atoms with Crippen molar-refractivity contribution in [3.8, 4) is 5.75 Å². The first-order chi connectivity index (χ1) is 9.15. The van der Waals surface area contributed by atoms with E-state index in [1.54, 1.807) is 18.4 Å². The average Bonchev–Trinajstić information content (AvgIpc) is 2.82. The molecular formula is C13H16BrN3OS. The van der Waals surface area contributed by atoms with Gasteiger partial charge in [-0.05, 0) is 37.1 Å². The van der Waals surface area contributed by atoms with Crippen molar-refractivity contribution in [2.24, 2.45) is 5.84 Å². The fourth-order valence-corrected chi connectivity index (χ4v) is 3.27. The minimum Gasteiger partial charge on any atom is -0.496 e. The number of halogens is 1. The zero-order chi connectivity index (χ0) is 13.8. The topological polar surface area (TPSA) is 60.2 Å². The Bertz CT molecular complexity index is 559. The molecule has 6 heteroatoms. The minimum absolute atomic E-state index is 0.0377. The fraction of sp³-hybridized carbons (Fsp3) is 0.308. The number of nitrogens with one attached hydrogen (secondary N) is 1. The molecule has 1 heterocycles. The van der Waals surface area contributed by atoms with Gasteiger partial charge in [-0.3, -0.25) is 11.3 Å². The number of hydrogen-bond donors (Lipinski definition) is 2. The van der Waals surface area contributed by atoms with Gasteiger partial charge in [-0.1, -0.05) is 15.9 Å². The number of rotatable bonds is 5. The lowest BCUT2D eigenvalue weighted by Crippen LogP contribution is -2.29. The van der Waals surface area contributed by atoms with Gasteiger partial charge in [0.1, 0.15) is 5.75 Å². The van der Waals surface area contributed by atoms with E-state index in [0.717, 1.165) is 32.8 Å². The zero-order valence-corrected chi connectivity index (χ0v) is 13.2. The summed E-state index contributed by atoms with van der Waals surface area (Å²) >= 11 is 5.10. The monoisotopic (exact) mass is 341 g/mol. The highest BCUT2D eigenvalue weighted by Crippen LogP contribution is 2.30. The summed E-state index contributed by atoms with van der Waals surface area (Å²) < 4.78 is 6.42. The van der Waals surface area contributed by atoms with E-state index in [1.807, 2.05) is 24.6 Å². The van der Waals surface area contributed by atoms with Crippen LogP contribution in [0.15, 0.2) is 28.2 Å². The van der Waals surface area contributed by atoms with Crippen LogP contribution in [0.4, 0.5) is 0 Å². The summed E-state index contributed by atoms with van der Waals surface area (Å²) in [5.41, 5.74) is 6.82. The number of hydrazine groups is 1. The first kappa shape index (κ1) is 14.5.